The van der Waals surface area contributed by atoms with Gasteiger partial charge >= 0.3 is 0 Å². The molecule has 20 heavy (non-hydrogen) atoms. The zero-order valence-corrected chi connectivity index (χ0v) is 12.6. The molecule has 6 nitrogen and oxygen atoms in total. The van der Waals surface area contributed by atoms with Crippen molar-refractivity contribution in [3.63, 3.8) is 0 Å². The van der Waals surface area contributed by atoms with Crippen molar-refractivity contribution in [3.8, 4) is 0 Å². The Morgan fingerprint density at radius 1 is 1.55 bits per heavy atom. The molecule has 106 valence electrons. The Balaban J connectivity index is 2.33. The number of nitro benzene ring substituents is 1. The third kappa shape index (κ3) is 3.33. The lowest BCUT2D eigenvalue weighted by molar-refractivity contribution is -0.387. The van der Waals surface area contributed by atoms with Crippen LogP contribution in [0.3, 0.4) is 0 Å². The van der Waals surface area contributed by atoms with E-state index < -0.39 is 11.0 Å². The zero-order chi connectivity index (χ0) is 14.7. The van der Waals surface area contributed by atoms with E-state index in [0.717, 1.165) is 12.2 Å². The Labute approximate surface area is 124 Å². The van der Waals surface area contributed by atoms with Crippen LogP contribution in [0.15, 0.2) is 27.4 Å². The third-order valence-corrected chi connectivity index (χ3v) is 4.48. The van der Waals surface area contributed by atoms with Gasteiger partial charge in [-0.15, -0.1) is 0 Å². The highest BCUT2D eigenvalue weighted by Crippen LogP contribution is 2.36. The molecular formula is C12H13N3O3S2. The van der Waals surface area contributed by atoms with Crippen LogP contribution in [0.2, 0.25) is 0 Å². The van der Waals surface area contributed by atoms with Gasteiger partial charge < -0.3 is 5.11 Å². The summed E-state index contributed by atoms with van der Waals surface area (Å²) >= 11 is 2.45. The minimum absolute atomic E-state index is 0.0263. The summed E-state index contributed by atoms with van der Waals surface area (Å²) in [6.07, 6.45) is 0.00102. The Bertz CT molecular complexity index is 628. The molecule has 0 spiro atoms. The number of nitro groups is 1. The van der Waals surface area contributed by atoms with Gasteiger partial charge in [0, 0.05) is 12.5 Å². The van der Waals surface area contributed by atoms with Crippen molar-refractivity contribution in [2.45, 2.75) is 35.6 Å². The van der Waals surface area contributed by atoms with E-state index in [1.165, 1.54) is 29.4 Å². The quantitative estimate of drug-likeness (QED) is 0.673. The molecule has 0 amide bonds. The first-order chi connectivity index (χ1) is 9.51. The fraction of sp³-hybridized carbons (Fsp3) is 0.333. The molecule has 2 rings (SSSR count). The molecule has 0 aliphatic rings. The lowest BCUT2D eigenvalue weighted by atomic mass is 10.1. The summed E-state index contributed by atoms with van der Waals surface area (Å²) in [6.45, 7) is 3.53. The lowest BCUT2D eigenvalue weighted by Gasteiger charge is -2.06. The van der Waals surface area contributed by atoms with Gasteiger partial charge in [0.1, 0.15) is 5.82 Å². The van der Waals surface area contributed by atoms with Gasteiger partial charge in [-0.2, -0.15) is 4.37 Å². The topological polar surface area (TPSA) is 89.2 Å². The van der Waals surface area contributed by atoms with Crippen molar-refractivity contribution in [1.82, 2.24) is 9.36 Å². The van der Waals surface area contributed by atoms with E-state index in [1.54, 1.807) is 19.1 Å². The van der Waals surface area contributed by atoms with Crippen molar-refractivity contribution in [3.05, 3.63) is 39.7 Å². The molecule has 0 fully saturated rings. The van der Waals surface area contributed by atoms with Gasteiger partial charge in [-0.25, -0.2) is 4.98 Å². The van der Waals surface area contributed by atoms with Crippen LogP contribution in [0.4, 0.5) is 5.69 Å². The van der Waals surface area contributed by atoms with E-state index in [-0.39, 0.29) is 5.69 Å². The monoisotopic (exact) mass is 311 g/mol. The summed E-state index contributed by atoms with van der Waals surface area (Å²) in [5.41, 5.74) is 0.495. The summed E-state index contributed by atoms with van der Waals surface area (Å²) in [6, 6.07) is 4.72. The van der Waals surface area contributed by atoms with Gasteiger partial charge in [-0.05, 0) is 30.1 Å². The maximum Gasteiger partial charge on any atom is 0.283 e. The molecule has 0 radical (unpaired) electrons. The largest absolute Gasteiger partial charge is 0.389 e. The second-order valence-electron chi connectivity index (χ2n) is 4.09. The van der Waals surface area contributed by atoms with Crippen LogP contribution in [0.1, 0.15) is 31.3 Å². The number of benzene rings is 1. The van der Waals surface area contributed by atoms with Crippen molar-refractivity contribution in [1.29, 1.82) is 0 Å². The van der Waals surface area contributed by atoms with Gasteiger partial charge in [0.25, 0.3) is 5.69 Å². The number of nitrogens with zero attached hydrogens (tertiary/aromatic N) is 3. The molecule has 2 aromatic rings. The summed E-state index contributed by atoms with van der Waals surface area (Å²) < 4.78 is 4.83. The average molecular weight is 311 g/mol. The average Bonchev–Trinajstić information content (AvgIpc) is 2.86. The molecule has 1 aromatic carbocycles. The number of hydrogen-bond acceptors (Lipinski definition) is 7. The molecule has 0 aliphatic carbocycles. The maximum atomic E-state index is 11.1. The number of aliphatic hydroxyl groups excluding tert-OH is 1. The van der Waals surface area contributed by atoms with Crippen LogP contribution in [0.5, 0.6) is 0 Å². The van der Waals surface area contributed by atoms with E-state index >= 15 is 0 Å². The van der Waals surface area contributed by atoms with E-state index in [2.05, 4.69) is 9.36 Å². The van der Waals surface area contributed by atoms with Crippen molar-refractivity contribution in [2.75, 3.05) is 0 Å². The Kier molecular flexibility index (Phi) is 4.69. The van der Waals surface area contributed by atoms with Crippen molar-refractivity contribution in [2.24, 2.45) is 0 Å². The molecule has 0 bridgehead atoms. The number of aliphatic hydroxyl groups is 1. The van der Waals surface area contributed by atoms with Gasteiger partial charge in [-0.1, -0.05) is 24.8 Å². The highest BCUT2D eigenvalue weighted by Gasteiger charge is 2.18. The van der Waals surface area contributed by atoms with Gasteiger partial charge in [-0.3, -0.25) is 10.1 Å². The van der Waals surface area contributed by atoms with Crippen molar-refractivity contribution >= 4 is 29.0 Å². The first-order valence-corrected chi connectivity index (χ1v) is 7.57. The summed E-state index contributed by atoms with van der Waals surface area (Å²) in [5.74, 6) is 0.737. The van der Waals surface area contributed by atoms with Crippen molar-refractivity contribution < 1.29 is 10.0 Å². The third-order valence-electron chi connectivity index (χ3n) is 2.63. The van der Waals surface area contributed by atoms with Gasteiger partial charge in [0.2, 0.25) is 0 Å². The van der Waals surface area contributed by atoms with Crippen LogP contribution in [-0.2, 0) is 6.42 Å². The molecule has 0 saturated carbocycles. The molecule has 8 heteroatoms. The van der Waals surface area contributed by atoms with E-state index in [9.17, 15) is 15.2 Å². The molecule has 1 aromatic heterocycles. The van der Waals surface area contributed by atoms with Crippen LogP contribution in [0, 0.1) is 10.1 Å². The SMILES string of the molecule is CCc1nsc(Sc2ccc([C@@H](C)O)cc2[N+](=O)[O-])n1. The van der Waals surface area contributed by atoms with Gasteiger partial charge in [0.15, 0.2) is 4.34 Å². The van der Waals surface area contributed by atoms with E-state index in [4.69, 9.17) is 0 Å². The Hall–Kier alpha value is -1.51. The normalized spacial score (nSPS) is 12.3. The van der Waals surface area contributed by atoms with E-state index in [0.29, 0.717) is 14.8 Å². The molecule has 0 unspecified atom stereocenters. The predicted octanol–water partition coefficient (Wildman–Crippen LogP) is 3.21. The minimum Gasteiger partial charge on any atom is -0.389 e. The summed E-state index contributed by atoms with van der Waals surface area (Å²) in [7, 11) is 0. The van der Waals surface area contributed by atoms with Crippen LogP contribution in [0.25, 0.3) is 0 Å². The molecule has 1 N–H and O–H groups in total. The summed E-state index contributed by atoms with van der Waals surface area (Å²) in [4.78, 5) is 15.5. The van der Waals surface area contributed by atoms with Crippen LogP contribution >= 0.6 is 23.3 Å². The van der Waals surface area contributed by atoms with Crippen LogP contribution < -0.4 is 0 Å². The Morgan fingerprint density at radius 2 is 2.30 bits per heavy atom. The second kappa shape index (κ2) is 6.29. The summed E-state index contributed by atoms with van der Waals surface area (Å²) in [5, 5.41) is 20.6. The number of aryl methyl sites for hydroxylation is 1. The second-order valence-corrected chi connectivity index (χ2v) is 6.13. The molecule has 1 heterocycles. The fourth-order valence-electron chi connectivity index (χ4n) is 1.54. The first kappa shape index (κ1) is 14.9. The number of rotatable bonds is 5. The van der Waals surface area contributed by atoms with Gasteiger partial charge in [0.05, 0.1) is 15.9 Å². The molecule has 0 saturated heterocycles. The predicted molar refractivity (Wildman–Crippen MR) is 77.1 cm³/mol. The molecule has 1 atom stereocenters. The fourth-order valence-corrected chi connectivity index (χ4v) is 3.28. The first-order valence-electron chi connectivity index (χ1n) is 5.98. The highest BCUT2D eigenvalue weighted by molar-refractivity contribution is 8.01. The minimum atomic E-state index is -0.735. The number of hydrogen-bond donors (Lipinski definition) is 1. The standard InChI is InChI=1S/C12H13N3O3S2/c1-3-11-13-12(20-14-11)19-10-5-4-8(7(2)16)6-9(10)15(17)18/h4-7,16H,3H2,1-2H3/t7-/m1/s1. The maximum absolute atomic E-state index is 11.1. The lowest BCUT2D eigenvalue weighted by Crippen LogP contribution is -1.96. The molecule has 0 aliphatic heterocycles. The number of aromatic nitrogens is 2. The Morgan fingerprint density at radius 3 is 2.85 bits per heavy atom. The highest BCUT2D eigenvalue weighted by atomic mass is 32.2. The van der Waals surface area contributed by atoms with E-state index in [1.807, 2.05) is 6.92 Å². The molecular weight excluding hydrogens is 298 g/mol. The smallest absolute Gasteiger partial charge is 0.283 e. The van der Waals surface area contributed by atoms with Crippen LogP contribution in [-0.4, -0.2) is 19.4 Å². The zero-order valence-electron chi connectivity index (χ0n) is 10.9.